The fourth-order valence-electron chi connectivity index (χ4n) is 4.09. The highest BCUT2D eigenvalue weighted by Crippen LogP contribution is 2.44. The second-order valence-corrected chi connectivity index (χ2v) is 7.63. The minimum atomic E-state index is -1.08. The van der Waals surface area contributed by atoms with Crippen LogP contribution < -0.4 is 5.32 Å². The van der Waals surface area contributed by atoms with Crippen molar-refractivity contribution in [2.24, 2.45) is 0 Å². The lowest BCUT2D eigenvalue weighted by Gasteiger charge is -2.19. The third-order valence-electron chi connectivity index (χ3n) is 5.60. The monoisotopic (exact) mass is 419 g/mol. The lowest BCUT2D eigenvalue weighted by atomic mass is 9.98. The molecule has 0 spiro atoms. The van der Waals surface area contributed by atoms with Gasteiger partial charge in [0.15, 0.2) is 0 Å². The van der Waals surface area contributed by atoms with Gasteiger partial charge in [-0.25, -0.2) is 9.18 Å². The van der Waals surface area contributed by atoms with Crippen LogP contribution in [0.1, 0.15) is 40.6 Å². The zero-order valence-electron chi connectivity index (χ0n) is 17.0. The molecular weight excluding hydrogens is 397 g/mol. The van der Waals surface area contributed by atoms with Crippen molar-refractivity contribution in [3.63, 3.8) is 0 Å². The molecule has 0 fully saturated rings. The van der Waals surface area contributed by atoms with Crippen molar-refractivity contribution in [3.8, 4) is 11.1 Å². The fourth-order valence-corrected chi connectivity index (χ4v) is 4.09. The SMILES string of the molecule is Cc1cc([C@@H](CC(=O)O)NC(=O)OCC2c3ccccc3-c3ccccc32)ccc1F. The van der Waals surface area contributed by atoms with Crippen LogP contribution in [-0.2, 0) is 9.53 Å². The fraction of sp³-hybridized carbons (Fsp3) is 0.200. The third-order valence-corrected chi connectivity index (χ3v) is 5.60. The molecule has 0 unspecified atom stereocenters. The Morgan fingerprint density at radius 3 is 2.23 bits per heavy atom. The van der Waals surface area contributed by atoms with Crippen LogP contribution in [0.25, 0.3) is 11.1 Å². The summed E-state index contributed by atoms with van der Waals surface area (Å²) in [7, 11) is 0. The van der Waals surface area contributed by atoms with Gasteiger partial charge in [-0.3, -0.25) is 4.79 Å². The van der Waals surface area contributed by atoms with E-state index in [0.717, 1.165) is 22.3 Å². The molecule has 1 amide bonds. The number of carboxylic acid groups (broad SMARTS) is 1. The van der Waals surface area contributed by atoms with Crippen LogP contribution in [0.4, 0.5) is 9.18 Å². The molecule has 158 valence electrons. The lowest BCUT2D eigenvalue weighted by molar-refractivity contribution is -0.137. The van der Waals surface area contributed by atoms with Gasteiger partial charge in [0.05, 0.1) is 12.5 Å². The Bertz CT molecular complexity index is 1100. The smallest absolute Gasteiger partial charge is 0.407 e. The summed E-state index contributed by atoms with van der Waals surface area (Å²) in [6.07, 6.45) is -1.05. The molecule has 1 aliphatic rings. The minimum absolute atomic E-state index is 0.0934. The Labute approximate surface area is 179 Å². The van der Waals surface area contributed by atoms with Gasteiger partial charge in [-0.1, -0.05) is 60.7 Å². The summed E-state index contributed by atoms with van der Waals surface area (Å²) in [4.78, 5) is 23.8. The second kappa shape index (κ2) is 8.60. The number of carbonyl (C=O) groups excluding carboxylic acids is 1. The number of alkyl carbamates (subject to hydrolysis) is 1. The van der Waals surface area contributed by atoms with Crippen LogP contribution in [0.3, 0.4) is 0 Å². The van der Waals surface area contributed by atoms with Crippen molar-refractivity contribution in [1.82, 2.24) is 5.32 Å². The van der Waals surface area contributed by atoms with E-state index in [1.165, 1.54) is 18.2 Å². The molecule has 3 aromatic carbocycles. The van der Waals surface area contributed by atoms with E-state index in [9.17, 15) is 19.1 Å². The Morgan fingerprint density at radius 2 is 1.65 bits per heavy atom. The van der Waals surface area contributed by atoms with Gasteiger partial charge in [0.2, 0.25) is 0 Å². The second-order valence-electron chi connectivity index (χ2n) is 7.63. The van der Waals surface area contributed by atoms with Crippen molar-refractivity contribution in [1.29, 1.82) is 0 Å². The van der Waals surface area contributed by atoms with Crippen molar-refractivity contribution in [2.75, 3.05) is 6.61 Å². The average molecular weight is 419 g/mol. The number of rotatable bonds is 6. The number of hydrogen-bond donors (Lipinski definition) is 2. The van der Waals surface area contributed by atoms with Crippen molar-refractivity contribution in [2.45, 2.75) is 25.3 Å². The van der Waals surface area contributed by atoms with Crippen LogP contribution in [0.2, 0.25) is 0 Å². The van der Waals surface area contributed by atoms with Gasteiger partial charge in [0, 0.05) is 5.92 Å². The number of halogens is 1. The predicted molar refractivity (Wildman–Crippen MR) is 114 cm³/mol. The Morgan fingerprint density at radius 1 is 1.03 bits per heavy atom. The molecule has 1 aliphatic carbocycles. The van der Waals surface area contributed by atoms with Gasteiger partial charge < -0.3 is 15.2 Å². The minimum Gasteiger partial charge on any atom is -0.481 e. The molecule has 31 heavy (non-hydrogen) atoms. The molecule has 4 rings (SSSR count). The number of aryl methyl sites for hydroxylation is 1. The predicted octanol–water partition coefficient (Wildman–Crippen LogP) is 5.19. The zero-order valence-corrected chi connectivity index (χ0v) is 17.0. The van der Waals surface area contributed by atoms with Gasteiger partial charge in [-0.2, -0.15) is 0 Å². The molecule has 6 heteroatoms. The molecule has 0 saturated heterocycles. The zero-order chi connectivity index (χ0) is 22.0. The summed E-state index contributed by atoms with van der Waals surface area (Å²) >= 11 is 0. The molecule has 2 N–H and O–H groups in total. The first-order valence-electron chi connectivity index (χ1n) is 10.0. The highest BCUT2D eigenvalue weighted by Gasteiger charge is 2.29. The number of benzene rings is 3. The maximum atomic E-state index is 13.6. The lowest BCUT2D eigenvalue weighted by Crippen LogP contribution is -2.31. The molecule has 0 aromatic heterocycles. The van der Waals surface area contributed by atoms with E-state index >= 15 is 0 Å². The first-order valence-corrected chi connectivity index (χ1v) is 10.0. The first kappa shape index (κ1) is 20.6. The molecular formula is C25H22FNO4. The quantitative estimate of drug-likeness (QED) is 0.577. The number of nitrogens with one attached hydrogen (secondary N) is 1. The van der Waals surface area contributed by atoms with Gasteiger partial charge >= 0.3 is 12.1 Å². The van der Waals surface area contributed by atoms with E-state index in [0.29, 0.717) is 11.1 Å². The molecule has 0 saturated carbocycles. The van der Waals surface area contributed by atoms with Crippen LogP contribution in [0.5, 0.6) is 0 Å². The standard InChI is InChI=1S/C25H22FNO4/c1-15-12-16(10-11-22(15)26)23(13-24(28)29)27-25(30)31-14-21-19-8-4-2-6-17(19)18-7-3-5-9-20(18)21/h2-12,21,23H,13-14H2,1H3,(H,27,30)(H,28,29)/t23-/m1/s1. The van der Waals surface area contributed by atoms with E-state index in [1.54, 1.807) is 6.92 Å². The number of hydrogen-bond acceptors (Lipinski definition) is 3. The molecule has 3 aromatic rings. The number of aliphatic carboxylic acids is 1. The Kier molecular flexibility index (Phi) is 5.71. The topological polar surface area (TPSA) is 75.6 Å². The van der Waals surface area contributed by atoms with Crippen LogP contribution in [-0.4, -0.2) is 23.8 Å². The Balaban J connectivity index is 1.49. The van der Waals surface area contributed by atoms with Gasteiger partial charge in [0.1, 0.15) is 12.4 Å². The number of carboxylic acids is 1. The largest absolute Gasteiger partial charge is 0.481 e. The van der Waals surface area contributed by atoms with Gasteiger partial charge in [-0.05, 0) is 46.4 Å². The molecule has 5 nitrogen and oxygen atoms in total. The third kappa shape index (κ3) is 4.28. The van der Waals surface area contributed by atoms with Gasteiger partial charge in [-0.15, -0.1) is 0 Å². The summed E-state index contributed by atoms with van der Waals surface area (Å²) < 4.78 is 19.1. The summed E-state index contributed by atoms with van der Waals surface area (Å²) in [5, 5.41) is 11.9. The van der Waals surface area contributed by atoms with Crippen LogP contribution >= 0.6 is 0 Å². The molecule has 0 bridgehead atoms. The van der Waals surface area contributed by atoms with E-state index < -0.39 is 18.1 Å². The van der Waals surface area contributed by atoms with E-state index in [4.69, 9.17) is 4.74 Å². The molecule has 0 heterocycles. The summed E-state index contributed by atoms with van der Waals surface area (Å²) in [5.41, 5.74) is 5.31. The number of carbonyl (C=O) groups is 2. The normalized spacial score (nSPS) is 13.2. The summed E-state index contributed by atoms with van der Waals surface area (Å²) in [5.74, 6) is -1.56. The average Bonchev–Trinajstić information content (AvgIpc) is 3.07. The number of amides is 1. The number of ether oxygens (including phenoxy) is 1. The van der Waals surface area contributed by atoms with Gasteiger partial charge in [0.25, 0.3) is 0 Å². The maximum absolute atomic E-state index is 13.6. The summed E-state index contributed by atoms with van der Waals surface area (Å²) in [6.45, 7) is 1.71. The van der Waals surface area contributed by atoms with Crippen molar-refractivity contribution < 1.29 is 23.8 Å². The molecule has 1 atom stereocenters. The van der Waals surface area contributed by atoms with Crippen molar-refractivity contribution >= 4 is 12.1 Å². The maximum Gasteiger partial charge on any atom is 0.407 e. The highest BCUT2D eigenvalue weighted by molar-refractivity contribution is 5.79. The molecule has 0 aliphatic heterocycles. The van der Waals surface area contributed by atoms with Crippen LogP contribution in [0.15, 0.2) is 66.7 Å². The first-order chi connectivity index (χ1) is 14.9. The number of fused-ring (bicyclic) bond motifs is 3. The van der Waals surface area contributed by atoms with E-state index in [1.807, 2.05) is 48.5 Å². The molecule has 0 radical (unpaired) electrons. The van der Waals surface area contributed by atoms with E-state index in [2.05, 4.69) is 5.32 Å². The summed E-state index contributed by atoms with van der Waals surface area (Å²) in [6, 6.07) is 19.5. The van der Waals surface area contributed by atoms with Crippen LogP contribution in [0, 0.1) is 12.7 Å². The highest BCUT2D eigenvalue weighted by atomic mass is 19.1. The van der Waals surface area contributed by atoms with Crippen molar-refractivity contribution in [3.05, 3.63) is 94.8 Å². The van der Waals surface area contributed by atoms with E-state index in [-0.39, 0.29) is 24.8 Å². The Hall–Kier alpha value is -3.67.